The maximum Gasteiger partial charge on any atom is 0.246 e. The molecule has 0 amide bonds. The van der Waals surface area contributed by atoms with E-state index < -0.39 is 5.69 Å². The molecule has 0 aromatic heterocycles. The maximum absolute atomic E-state index is 9.43. The van der Waals surface area contributed by atoms with Crippen molar-refractivity contribution in [1.82, 2.24) is 0 Å². The molecule has 0 saturated carbocycles. The van der Waals surface area contributed by atoms with Crippen molar-refractivity contribution in [3.8, 4) is 0 Å². The van der Waals surface area contributed by atoms with Crippen molar-refractivity contribution in [3.05, 3.63) is 29.3 Å². The Labute approximate surface area is 112 Å². The molecule has 0 bridgehead atoms. The molecule has 0 spiro atoms. The highest BCUT2D eigenvalue weighted by molar-refractivity contribution is 8.67. The van der Waals surface area contributed by atoms with Gasteiger partial charge in [0.05, 0.1) is 0 Å². The van der Waals surface area contributed by atoms with E-state index in [9.17, 15) is 9.79 Å². The molecule has 0 fully saturated rings. The first-order chi connectivity index (χ1) is 7.98. The van der Waals surface area contributed by atoms with Crippen molar-refractivity contribution in [2.24, 2.45) is 0 Å². The fraction of sp³-hybridized carbons (Fsp3) is 0.500. The van der Waals surface area contributed by atoms with Crippen LogP contribution in [-0.2, 0) is 24.6 Å². The molecule has 0 unspecified atom stereocenters. The van der Waals surface area contributed by atoms with E-state index in [0.717, 1.165) is 42.0 Å². The molecule has 1 aromatic carbocycles. The minimum absolute atomic E-state index is 0.936. The van der Waals surface area contributed by atoms with Crippen molar-refractivity contribution in [2.75, 3.05) is 0 Å². The Balaban J connectivity index is 3.10. The highest BCUT2D eigenvalue weighted by Gasteiger charge is 2.15. The largest absolute Gasteiger partial charge is 0.337 e. The molecule has 2 N–H and O–H groups in total. The Kier molecular flexibility index (Phi) is 6.18. The summed E-state index contributed by atoms with van der Waals surface area (Å²) < 4.78 is 0. The molecular formula is C12H19O2PS2. The Bertz CT molecular complexity index is 415. The molecule has 96 valence electrons. The van der Waals surface area contributed by atoms with Crippen LogP contribution in [0.5, 0.6) is 0 Å². The Morgan fingerprint density at radius 3 is 2.35 bits per heavy atom. The second-order valence-electron chi connectivity index (χ2n) is 3.98. The van der Waals surface area contributed by atoms with Crippen LogP contribution < -0.4 is 0 Å². The molecular weight excluding hydrogens is 271 g/mol. The standard InChI is InChI=1S/C12H19O2PS2/c1-3-6-10-8-5-9-12(11(10)7-4-2)17-15(13,14)16/h5,8-9H,3-4,6-7H2,1-2H3,(H2,13,14,16). The van der Waals surface area contributed by atoms with Gasteiger partial charge in [0.25, 0.3) is 0 Å². The fourth-order valence-electron chi connectivity index (χ4n) is 1.86. The minimum Gasteiger partial charge on any atom is -0.337 e. The van der Waals surface area contributed by atoms with Crippen molar-refractivity contribution in [1.29, 1.82) is 0 Å². The van der Waals surface area contributed by atoms with E-state index in [1.165, 1.54) is 11.1 Å². The van der Waals surface area contributed by atoms with Gasteiger partial charge in [0, 0.05) is 4.90 Å². The van der Waals surface area contributed by atoms with Crippen LogP contribution in [-0.4, -0.2) is 9.79 Å². The smallest absolute Gasteiger partial charge is 0.246 e. The van der Waals surface area contributed by atoms with Crippen LogP contribution >= 0.6 is 17.1 Å². The zero-order valence-electron chi connectivity index (χ0n) is 10.2. The minimum atomic E-state index is -3.23. The van der Waals surface area contributed by atoms with E-state index in [-0.39, 0.29) is 0 Å². The first-order valence-electron chi connectivity index (χ1n) is 5.83. The van der Waals surface area contributed by atoms with E-state index in [2.05, 4.69) is 19.9 Å². The summed E-state index contributed by atoms with van der Waals surface area (Å²) in [5.74, 6) is 0. The van der Waals surface area contributed by atoms with Gasteiger partial charge in [-0.25, -0.2) is 0 Å². The van der Waals surface area contributed by atoms with E-state index >= 15 is 0 Å². The van der Waals surface area contributed by atoms with Crippen LogP contribution in [0.1, 0.15) is 37.8 Å². The Morgan fingerprint density at radius 2 is 1.82 bits per heavy atom. The third kappa shape index (κ3) is 5.11. The van der Waals surface area contributed by atoms with Crippen molar-refractivity contribution < 1.29 is 9.79 Å². The molecule has 0 atom stereocenters. The maximum atomic E-state index is 9.43. The van der Waals surface area contributed by atoms with Crippen molar-refractivity contribution >= 4 is 28.9 Å². The van der Waals surface area contributed by atoms with Crippen LogP contribution in [0.4, 0.5) is 0 Å². The Morgan fingerprint density at radius 1 is 1.18 bits per heavy atom. The number of benzene rings is 1. The van der Waals surface area contributed by atoms with Crippen molar-refractivity contribution in [2.45, 2.75) is 44.4 Å². The predicted molar refractivity (Wildman–Crippen MR) is 79.0 cm³/mol. The zero-order chi connectivity index (χ0) is 12.9. The summed E-state index contributed by atoms with van der Waals surface area (Å²) in [7, 11) is 0. The van der Waals surface area contributed by atoms with Crippen molar-refractivity contribution in [3.63, 3.8) is 0 Å². The second kappa shape index (κ2) is 6.91. The summed E-state index contributed by atoms with van der Waals surface area (Å²) in [5, 5.41) is 0. The molecule has 1 aromatic rings. The topological polar surface area (TPSA) is 40.5 Å². The summed E-state index contributed by atoms with van der Waals surface area (Å²) in [4.78, 5) is 19.8. The highest BCUT2D eigenvalue weighted by atomic mass is 32.9. The molecule has 0 heterocycles. The van der Waals surface area contributed by atoms with Gasteiger partial charge in [-0.3, -0.25) is 0 Å². The SMILES string of the molecule is CCCc1cccc(SP(O)(O)=S)c1CCC. The summed E-state index contributed by atoms with van der Waals surface area (Å²) >= 11 is 5.75. The molecule has 17 heavy (non-hydrogen) atoms. The van der Waals surface area contributed by atoms with Gasteiger partial charge >= 0.3 is 0 Å². The lowest BCUT2D eigenvalue weighted by atomic mass is 10.00. The lowest BCUT2D eigenvalue weighted by molar-refractivity contribution is 0.502. The van der Waals surface area contributed by atoms with Gasteiger partial charge in [0.1, 0.15) is 0 Å². The van der Waals surface area contributed by atoms with Gasteiger partial charge in [-0.1, -0.05) is 38.8 Å². The summed E-state index contributed by atoms with van der Waals surface area (Å²) in [6.45, 7) is 4.28. The normalized spacial score (nSPS) is 11.8. The summed E-state index contributed by atoms with van der Waals surface area (Å²) in [5.41, 5.74) is -0.684. The van der Waals surface area contributed by atoms with Gasteiger partial charge < -0.3 is 9.79 Å². The fourth-order valence-corrected chi connectivity index (χ4v) is 4.61. The third-order valence-corrected chi connectivity index (χ3v) is 5.26. The van der Waals surface area contributed by atoms with Gasteiger partial charge in [-0.2, -0.15) is 0 Å². The quantitative estimate of drug-likeness (QED) is 0.780. The Hall–Kier alpha value is 0.140. The average molecular weight is 290 g/mol. The molecule has 0 aliphatic heterocycles. The van der Waals surface area contributed by atoms with Crippen LogP contribution in [0.25, 0.3) is 0 Å². The summed E-state index contributed by atoms with van der Waals surface area (Å²) in [6, 6.07) is 6.02. The van der Waals surface area contributed by atoms with Gasteiger partial charge in [-0.15, -0.1) is 0 Å². The lowest BCUT2D eigenvalue weighted by Gasteiger charge is -2.15. The molecule has 0 saturated heterocycles. The van der Waals surface area contributed by atoms with Gasteiger partial charge in [0.2, 0.25) is 5.69 Å². The van der Waals surface area contributed by atoms with Crippen LogP contribution in [0.2, 0.25) is 0 Å². The van der Waals surface area contributed by atoms with Crippen LogP contribution in [0, 0.1) is 0 Å². The average Bonchev–Trinajstić information content (AvgIpc) is 2.21. The highest BCUT2D eigenvalue weighted by Crippen LogP contribution is 2.56. The molecule has 1 rings (SSSR count). The molecule has 5 heteroatoms. The molecule has 2 nitrogen and oxygen atoms in total. The monoisotopic (exact) mass is 290 g/mol. The molecule has 0 radical (unpaired) electrons. The van der Waals surface area contributed by atoms with E-state index in [4.69, 9.17) is 11.8 Å². The lowest BCUT2D eigenvalue weighted by Crippen LogP contribution is -1.96. The van der Waals surface area contributed by atoms with E-state index in [1.807, 2.05) is 12.1 Å². The third-order valence-electron chi connectivity index (χ3n) is 2.47. The van der Waals surface area contributed by atoms with Gasteiger partial charge in [0.15, 0.2) is 0 Å². The first kappa shape index (κ1) is 15.2. The second-order valence-corrected chi connectivity index (χ2v) is 9.88. The number of aryl methyl sites for hydroxylation is 1. The van der Waals surface area contributed by atoms with E-state index in [1.54, 1.807) is 0 Å². The molecule has 0 aliphatic rings. The summed E-state index contributed by atoms with van der Waals surface area (Å²) in [6.07, 6.45) is 4.14. The van der Waals surface area contributed by atoms with Crippen LogP contribution in [0.3, 0.4) is 0 Å². The van der Waals surface area contributed by atoms with Crippen LogP contribution in [0.15, 0.2) is 23.1 Å². The first-order valence-corrected chi connectivity index (χ1v) is 9.96. The number of hydrogen-bond donors (Lipinski definition) is 2. The molecule has 0 aliphatic carbocycles. The van der Waals surface area contributed by atoms with Gasteiger partial charge in [-0.05, 0) is 53.2 Å². The number of hydrogen-bond acceptors (Lipinski definition) is 2. The predicted octanol–water partition coefficient (Wildman–Crippen LogP) is 3.89. The number of rotatable bonds is 6. The van der Waals surface area contributed by atoms with E-state index in [0.29, 0.717) is 0 Å². The zero-order valence-corrected chi connectivity index (χ0v) is 12.7.